The van der Waals surface area contributed by atoms with E-state index in [1.54, 1.807) is 0 Å². The number of thiazole rings is 1. The average Bonchev–Trinajstić information content (AvgIpc) is 3.04. The molecule has 110 valence electrons. The maximum atomic E-state index is 11.6. The van der Waals surface area contributed by atoms with Gasteiger partial charge in [-0.1, -0.05) is 29.9 Å². The van der Waals surface area contributed by atoms with Crippen LogP contribution in [0, 0.1) is 0 Å². The number of aromatic nitrogens is 1. The van der Waals surface area contributed by atoms with Crippen molar-refractivity contribution in [2.75, 3.05) is 25.5 Å². The normalized spacial score (nSPS) is 18.1. The second-order valence-electron chi connectivity index (χ2n) is 4.45. The molecule has 0 radical (unpaired) electrons. The van der Waals surface area contributed by atoms with E-state index in [0.29, 0.717) is 18.1 Å². The first kappa shape index (κ1) is 15.1. The van der Waals surface area contributed by atoms with Crippen LogP contribution in [-0.4, -0.2) is 48.0 Å². The van der Waals surface area contributed by atoms with Gasteiger partial charge in [-0.05, 0) is 6.42 Å². The summed E-state index contributed by atoms with van der Waals surface area (Å²) < 4.78 is 4.63. The molecular weight excluding hydrogens is 302 g/mol. The largest absolute Gasteiger partial charge is 0.465 e. The molecule has 1 unspecified atom stereocenters. The van der Waals surface area contributed by atoms with Gasteiger partial charge in [-0.25, -0.2) is 9.78 Å². The Hall–Kier alpha value is -1.34. The number of methoxy groups -OCH3 is 1. The van der Waals surface area contributed by atoms with Crippen LogP contribution in [0.15, 0.2) is 0 Å². The second kappa shape index (κ2) is 6.41. The average molecular weight is 318 g/mol. The lowest BCUT2D eigenvalue weighted by Crippen LogP contribution is -2.30. The Kier molecular flexibility index (Phi) is 4.82. The third-order valence-electron chi connectivity index (χ3n) is 3.13. The summed E-state index contributed by atoms with van der Waals surface area (Å²) in [6.45, 7) is 3.25. The van der Waals surface area contributed by atoms with Crippen molar-refractivity contribution in [2.24, 2.45) is 0 Å². The minimum absolute atomic E-state index is 0.137. The van der Waals surface area contributed by atoms with Gasteiger partial charge in [0.05, 0.1) is 7.11 Å². The fourth-order valence-electron chi connectivity index (χ4n) is 2.08. The predicted octanol–water partition coefficient (Wildman–Crippen LogP) is 2.01. The third kappa shape index (κ3) is 3.21. The van der Waals surface area contributed by atoms with Crippen molar-refractivity contribution in [1.82, 2.24) is 9.88 Å². The Morgan fingerprint density at radius 3 is 3.00 bits per heavy atom. The number of carbonyl (C=O) groups is 2. The van der Waals surface area contributed by atoms with Crippen molar-refractivity contribution >= 4 is 39.9 Å². The van der Waals surface area contributed by atoms with E-state index in [1.165, 1.54) is 7.11 Å². The van der Waals surface area contributed by atoms with Gasteiger partial charge < -0.3 is 15.0 Å². The molecule has 1 aromatic heterocycles. The van der Waals surface area contributed by atoms with E-state index in [4.69, 9.17) is 11.6 Å². The lowest BCUT2D eigenvalue weighted by molar-refractivity contribution is -0.129. The minimum Gasteiger partial charge on any atom is -0.465 e. The van der Waals surface area contributed by atoms with Crippen LogP contribution in [0.1, 0.15) is 29.4 Å². The third-order valence-corrected chi connectivity index (χ3v) is 4.48. The lowest BCUT2D eigenvalue weighted by Gasteiger charge is -2.15. The summed E-state index contributed by atoms with van der Waals surface area (Å²) in [6, 6.07) is 0.137. The van der Waals surface area contributed by atoms with Crippen LogP contribution >= 0.6 is 22.9 Å². The Morgan fingerprint density at radius 2 is 2.35 bits per heavy atom. The van der Waals surface area contributed by atoms with E-state index >= 15 is 0 Å². The molecule has 0 aliphatic carbocycles. The molecule has 1 amide bonds. The first-order chi connectivity index (χ1) is 9.55. The van der Waals surface area contributed by atoms with Crippen LogP contribution in [-0.2, 0) is 9.53 Å². The van der Waals surface area contributed by atoms with Gasteiger partial charge in [-0.2, -0.15) is 0 Å². The molecule has 1 aliphatic rings. The highest BCUT2D eigenvalue weighted by Crippen LogP contribution is 2.29. The summed E-state index contributed by atoms with van der Waals surface area (Å²) in [5, 5.41) is 3.93. The summed E-state index contributed by atoms with van der Waals surface area (Å²) in [5.41, 5.74) is 0. The van der Waals surface area contributed by atoms with Crippen LogP contribution in [0.25, 0.3) is 0 Å². The van der Waals surface area contributed by atoms with Gasteiger partial charge in [0.2, 0.25) is 5.91 Å². The number of carbonyl (C=O) groups excluding carboxylic acids is 2. The molecule has 2 rings (SSSR count). The molecule has 2 heterocycles. The molecule has 1 saturated heterocycles. The van der Waals surface area contributed by atoms with Crippen LogP contribution in [0.4, 0.5) is 5.13 Å². The zero-order valence-electron chi connectivity index (χ0n) is 11.3. The van der Waals surface area contributed by atoms with Crippen molar-refractivity contribution < 1.29 is 14.3 Å². The van der Waals surface area contributed by atoms with Gasteiger partial charge in [0.1, 0.15) is 0 Å². The van der Waals surface area contributed by atoms with Crippen LogP contribution in [0.5, 0.6) is 0 Å². The van der Waals surface area contributed by atoms with Crippen LogP contribution in [0.3, 0.4) is 0 Å². The number of hydrogen-bond acceptors (Lipinski definition) is 6. The van der Waals surface area contributed by atoms with Gasteiger partial charge >= 0.3 is 5.97 Å². The maximum Gasteiger partial charge on any atom is 0.351 e. The minimum atomic E-state index is -0.491. The molecule has 1 atom stereocenters. The van der Waals surface area contributed by atoms with E-state index in [1.807, 2.05) is 11.8 Å². The zero-order chi connectivity index (χ0) is 14.7. The Morgan fingerprint density at radius 1 is 1.60 bits per heavy atom. The van der Waals surface area contributed by atoms with Gasteiger partial charge in [-0.3, -0.25) is 4.79 Å². The van der Waals surface area contributed by atoms with E-state index in [9.17, 15) is 9.59 Å². The van der Waals surface area contributed by atoms with Crippen molar-refractivity contribution in [2.45, 2.75) is 25.8 Å². The van der Waals surface area contributed by atoms with Gasteiger partial charge in [0.25, 0.3) is 0 Å². The van der Waals surface area contributed by atoms with Crippen molar-refractivity contribution in [1.29, 1.82) is 0 Å². The number of hydrogen-bond donors (Lipinski definition) is 1. The molecule has 1 fully saturated rings. The first-order valence-electron chi connectivity index (χ1n) is 6.34. The number of amides is 1. The predicted molar refractivity (Wildman–Crippen MR) is 77.4 cm³/mol. The molecule has 0 saturated carbocycles. The summed E-state index contributed by atoms with van der Waals surface area (Å²) >= 11 is 7.06. The molecule has 0 aromatic carbocycles. The number of rotatable bonds is 4. The van der Waals surface area contributed by atoms with Crippen LogP contribution < -0.4 is 5.32 Å². The van der Waals surface area contributed by atoms with Crippen molar-refractivity contribution in [3.63, 3.8) is 0 Å². The summed E-state index contributed by atoms with van der Waals surface area (Å²) in [5.74, 6) is -0.337. The fourth-order valence-corrected chi connectivity index (χ4v) is 3.26. The van der Waals surface area contributed by atoms with E-state index < -0.39 is 5.97 Å². The molecule has 1 N–H and O–H groups in total. The number of halogens is 1. The number of nitrogens with one attached hydrogen (secondary N) is 1. The van der Waals surface area contributed by atoms with Crippen molar-refractivity contribution in [3.8, 4) is 0 Å². The first-order valence-corrected chi connectivity index (χ1v) is 7.53. The lowest BCUT2D eigenvalue weighted by atomic mass is 10.3. The molecule has 6 nitrogen and oxygen atoms in total. The van der Waals surface area contributed by atoms with E-state index in [-0.39, 0.29) is 22.0 Å². The highest BCUT2D eigenvalue weighted by Gasteiger charge is 2.26. The van der Waals surface area contributed by atoms with E-state index in [0.717, 1.165) is 24.3 Å². The fraction of sp³-hybridized carbons (Fsp3) is 0.583. The Balaban J connectivity index is 1.98. The molecule has 0 bridgehead atoms. The van der Waals surface area contributed by atoms with Crippen molar-refractivity contribution in [3.05, 3.63) is 10.0 Å². The topological polar surface area (TPSA) is 71.5 Å². The summed E-state index contributed by atoms with van der Waals surface area (Å²) in [7, 11) is 1.30. The molecule has 0 spiro atoms. The SMILES string of the molecule is CCC(=O)N1CCC(Nc2nc(Cl)c(C(=O)OC)s2)C1. The molecule has 1 aliphatic heterocycles. The van der Waals surface area contributed by atoms with Gasteiger partial charge in [0, 0.05) is 25.6 Å². The number of esters is 1. The van der Waals surface area contributed by atoms with Gasteiger partial charge in [-0.15, -0.1) is 0 Å². The Labute approximate surface area is 126 Å². The second-order valence-corrected chi connectivity index (χ2v) is 5.81. The molecule has 20 heavy (non-hydrogen) atoms. The number of anilines is 1. The summed E-state index contributed by atoms with van der Waals surface area (Å²) in [6.07, 6.45) is 1.37. The number of likely N-dealkylation sites (tertiary alicyclic amines) is 1. The van der Waals surface area contributed by atoms with Crippen LogP contribution in [0.2, 0.25) is 5.15 Å². The summed E-state index contributed by atoms with van der Waals surface area (Å²) in [4.78, 5) is 29.3. The molecule has 8 heteroatoms. The molecular formula is C12H16ClN3O3S. The smallest absolute Gasteiger partial charge is 0.351 e. The maximum absolute atomic E-state index is 11.6. The zero-order valence-corrected chi connectivity index (χ0v) is 12.9. The highest BCUT2D eigenvalue weighted by molar-refractivity contribution is 7.18. The number of ether oxygens (including phenoxy) is 1. The highest BCUT2D eigenvalue weighted by atomic mass is 35.5. The monoisotopic (exact) mass is 317 g/mol. The standard InChI is InChI=1S/C12H16ClN3O3S/c1-3-8(17)16-5-4-7(6-16)14-12-15-10(13)9(20-12)11(18)19-2/h7H,3-6H2,1-2H3,(H,14,15). The molecule has 1 aromatic rings. The van der Waals surface area contributed by atoms with E-state index in [2.05, 4.69) is 15.0 Å². The quantitative estimate of drug-likeness (QED) is 0.860. The van der Waals surface area contributed by atoms with Gasteiger partial charge in [0.15, 0.2) is 15.2 Å². The Bertz CT molecular complexity index is 520. The number of nitrogens with zero attached hydrogens (tertiary/aromatic N) is 2.